The molecule has 0 unspecified atom stereocenters. The van der Waals surface area contributed by atoms with Gasteiger partial charge in [-0.05, 0) is 42.8 Å². The number of para-hydroxylation sites is 1. The molecule has 0 aromatic heterocycles. The van der Waals surface area contributed by atoms with Crippen molar-refractivity contribution in [3.05, 3.63) is 59.2 Å². The van der Waals surface area contributed by atoms with Gasteiger partial charge in [0.05, 0.1) is 17.9 Å². The summed E-state index contributed by atoms with van der Waals surface area (Å²) in [6, 6.07) is 10.9. The molecule has 0 atom stereocenters. The van der Waals surface area contributed by atoms with E-state index in [1.807, 2.05) is 0 Å². The number of rotatable bonds is 7. The van der Waals surface area contributed by atoms with Gasteiger partial charge in [-0.2, -0.15) is 18.4 Å². The maximum atomic E-state index is 13.1. The topological polar surface area (TPSA) is 71.3 Å². The molecule has 30 heavy (non-hydrogen) atoms. The zero-order valence-electron chi connectivity index (χ0n) is 15.9. The van der Waals surface area contributed by atoms with Crippen LogP contribution >= 0.6 is 0 Å². The third kappa shape index (κ3) is 5.79. The van der Waals surface area contributed by atoms with E-state index in [1.165, 1.54) is 24.3 Å². The SMILES string of the molecule is C#CCOc1ccc(/C=C(/C#N)C(=O)Nc2ccccc2C(F)(F)F)cc1OCC. The molecule has 0 aliphatic heterocycles. The van der Waals surface area contributed by atoms with Gasteiger partial charge in [0.25, 0.3) is 5.91 Å². The van der Waals surface area contributed by atoms with E-state index < -0.39 is 23.3 Å². The molecule has 0 saturated carbocycles. The largest absolute Gasteiger partial charge is 0.490 e. The summed E-state index contributed by atoms with van der Waals surface area (Å²) in [5.41, 5.74) is -1.41. The molecule has 0 radical (unpaired) electrons. The fourth-order valence-electron chi connectivity index (χ4n) is 2.47. The molecule has 0 aliphatic carbocycles. The Kier molecular flexibility index (Phi) is 7.49. The standard InChI is InChI=1S/C22H17F3N2O3/c1-3-11-30-19-10-9-15(13-20(19)29-4-2)12-16(14-26)21(28)27-18-8-6-5-7-17(18)22(23,24)25/h1,5-10,12-13H,4,11H2,2H3,(H,27,28)/b16-12-. The first kappa shape index (κ1) is 22.4. The van der Waals surface area contributed by atoms with Gasteiger partial charge in [0.1, 0.15) is 18.2 Å². The maximum absolute atomic E-state index is 13.1. The third-order valence-corrected chi connectivity index (χ3v) is 3.74. The van der Waals surface area contributed by atoms with E-state index in [0.717, 1.165) is 12.1 Å². The number of hydrogen-bond donors (Lipinski definition) is 1. The highest BCUT2D eigenvalue weighted by atomic mass is 19.4. The van der Waals surface area contributed by atoms with Gasteiger partial charge in [-0.25, -0.2) is 0 Å². The molecule has 1 amide bonds. The van der Waals surface area contributed by atoms with Gasteiger partial charge in [-0.15, -0.1) is 6.42 Å². The highest BCUT2D eigenvalue weighted by molar-refractivity contribution is 6.10. The Bertz CT molecular complexity index is 1030. The number of ether oxygens (including phenoxy) is 2. The summed E-state index contributed by atoms with van der Waals surface area (Å²) < 4.78 is 50.1. The van der Waals surface area contributed by atoms with Gasteiger partial charge in [0.15, 0.2) is 11.5 Å². The van der Waals surface area contributed by atoms with E-state index in [0.29, 0.717) is 23.7 Å². The van der Waals surface area contributed by atoms with E-state index in [1.54, 1.807) is 25.1 Å². The van der Waals surface area contributed by atoms with Crippen molar-refractivity contribution >= 4 is 17.7 Å². The van der Waals surface area contributed by atoms with Crippen LogP contribution in [0.3, 0.4) is 0 Å². The number of carbonyl (C=O) groups is 1. The molecule has 0 heterocycles. The summed E-state index contributed by atoms with van der Waals surface area (Å²) in [6.07, 6.45) is 1.76. The molecule has 0 aliphatic rings. The lowest BCUT2D eigenvalue weighted by atomic mass is 10.1. The number of amides is 1. The number of nitriles is 1. The summed E-state index contributed by atoms with van der Waals surface area (Å²) in [5, 5.41) is 11.5. The smallest absolute Gasteiger partial charge is 0.418 e. The Morgan fingerprint density at radius 2 is 1.93 bits per heavy atom. The zero-order valence-corrected chi connectivity index (χ0v) is 15.9. The average Bonchev–Trinajstić information content (AvgIpc) is 2.71. The fourth-order valence-corrected chi connectivity index (χ4v) is 2.47. The molecular weight excluding hydrogens is 397 g/mol. The normalized spacial score (nSPS) is 11.2. The van der Waals surface area contributed by atoms with Crippen molar-refractivity contribution in [1.29, 1.82) is 5.26 Å². The Morgan fingerprint density at radius 3 is 2.57 bits per heavy atom. The van der Waals surface area contributed by atoms with Crippen LogP contribution in [-0.2, 0) is 11.0 Å². The first-order chi connectivity index (χ1) is 14.3. The lowest BCUT2D eigenvalue weighted by molar-refractivity contribution is -0.137. The average molecular weight is 414 g/mol. The van der Waals surface area contributed by atoms with Crippen molar-refractivity contribution in [1.82, 2.24) is 0 Å². The number of benzene rings is 2. The Morgan fingerprint density at radius 1 is 1.20 bits per heavy atom. The van der Waals surface area contributed by atoms with Crippen molar-refractivity contribution in [2.75, 3.05) is 18.5 Å². The molecule has 0 fully saturated rings. The van der Waals surface area contributed by atoms with Crippen molar-refractivity contribution in [3.63, 3.8) is 0 Å². The van der Waals surface area contributed by atoms with Gasteiger partial charge in [-0.1, -0.05) is 24.1 Å². The monoisotopic (exact) mass is 414 g/mol. The second kappa shape index (κ2) is 10.0. The molecule has 2 aromatic carbocycles. The highest BCUT2D eigenvalue weighted by Crippen LogP contribution is 2.35. The first-order valence-electron chi connectivity index (χ1n) is 8.72. The predicted molar refractivity (Wildman–Crippen MR) is 106 cm³/mol. The number of nitrogens with one attached hydrogen (secondary N) is 1. The van der Waals surface area contributed by atoms with Crippen molar-refractivity contribution < 1.29 is 27.4 Å². The molecule has 0 bridgehead atoms. The van der Waals surface area contributed by atoms with E-state index in [9.17, 15) is 23.2 Å². The molecule has 1 N–H and O–H groups in total. The van der Waals surface area contributed by atoms with E-state index in [-0.39, 0.29) is 12.2 Å². The van der Waals surface area contributed by atoms with Crippen LogP contribution in [0.5, 0.6) is 11.5 Å². The number of terminal acetylenes is 1. The van der Waals surface area contributed by atoms with Crippen LogP contribution in [-0.4, -0.2) is 19.1 Å². The minimum Gasteiger partial charge on any atom is -0.490 e. The molecule has 0 saturated heterocycles. The quantitative estimate of drug-likeness (QED) is 0.406. The summed E-state index contributed by atoms with van der Waals surface area (Å²) >= 11 is 0. The van der Waals surface area contributed by atoms with Crippen molar-refractivity contribution in [3.8, 4) is 29.9 Å². The maximum Gasteiger partial charge on any atom is 0.418 e. The molecule has 2 aromatic rings. The highest BCUT2D eigenvalue weighted by Gasteiger charge is 2.33. The second-order valence-corrected chi connectivity index (χ2v) is 5.80. The lowest BCUT2D eigenvalue weighted by Gasteiger charge is -2.13. The van der Waals surface area contributed by atoms with E-state index in [2.05, 4.69) is 11.2 Å². The molecule has 154 valence electrons. The molecule has 2 rings (SSSR count). The summed E-state index contributed by atoms with van der Waals surface area (Å²) in [5.74, 6) is 2.09. The number of carbonyl (C=O) groups excluding carboxylic acids is 1. The minimum atomic E-state index is -4.65. The number of nitrogens with zero attached hydrogens (tertiary/aromatic N) is 1. The molecular formula is C22H17F3N2O3. The van der Waals surface area contributed by atoms with E-state index >= 15 is 0 Å². The van der Waals surface area contributed by atoms with Crippen LogP contribution < -0.4 is 14.8 Å². The minimum absolute atomic E-state index is 0.0275. The van der Waals surface area contributed by atoms with Crippen LogP contribution in [0.2, 0.25) is 0 Å². The van der Waals surface area contributed by atoms with Gasteiger partial charge in [0.2, 0.25) is 0 Å². The van der Waals surface area contributed by atoms with Gasteiger partial charge < -0.3 is 14.8 Å². The number of anilines is 1. The molecule has 0 spiro atoms. The zero-order chi connectivity index (χ0) is 22.1. The molecule has 5 nitrogen and oxygen atoms in total. The van der Waals surface area contributed by atoms with Crippen LogP contribution in [0, 0.1) is 23.7 Å². The number of alkyl halides is 3. The summed E-state index contributed by atoms with van der Waals surface area (Å²) in [7, 11) is 0. The van der Waals surface area contributed by atoms with Crippen molar-refractivity contribution in [2.45, 2.75) is 13.1 Å². The van der Waals surface area contributed by atoms with Crippen LogP contribution in [0.1, 0.15) is 18.1 Å². The predicted octanol–water partition coefficient (Wildman–Crippen LogP) is 4.66. The van der Waals surface area contributed by atoms with Gasteiger partial charge >= 0.3 is 6.18 Å². The summed E-state index contributed by atoms with van der Waals surface area (Å²) in [4.78, 5) is 12.4. The Hall–Kier alpha value is -3.91. The number of halogens is 3. The van der Waals surface area contributed by atoms with E-state index in [4.69, 9.17) is 15.9 Å². The fraction of sp³-hybridized carbons (Fsp3) is 0.182. The van der Waals surface area contributed by atoms with Crippen LogP contribution in [0.4, 0.5) is 18.9 Å². The van der Waals surface area contributed by atoms with Crippen LogP contribution in [0.15, 0.2) is 48.0 Å². The summed E-state index contributed by atoms with van der Waals surface area (Å²) in [6.45, 7) is 2.12. The van der Waals surface area contributed by atoms with Gasteiger partial charge in [0, 0.05) is 0 Å². The third-order valence-electron chi connectivity index (χ3n) is 3.74. The van der Waals surface area contributed by atoms with Crippen molar-refractivity contribution in [2.24, 2.45) is 0 Å². The lowest BCUT2D eigenvalue weighted by Crippen LogP contribution is -2.17. The first-order valence-corrected chi connectivity index (χ1v) is 8.72. The second-order valence-electron chi connectivity index (χ2n) is 5.80. The number of hydrogen-bond acceptors (Lipinski definition) is 4. The Labute approximate surface area is 171 Å². The van der Waals surface area contributed by atoms with Gasteiger partial charge in [-0.3, -0.25) is 4.79 Å². The van der Waals surface area contributed by atoms with Crippen LogP contribution in [0.25, 0.3) is 6.08 Å². The molecule has 8 heteroatoms. The Balaban J connectivity index is 2.32.